The number of carbonyl (C=O) groups excluding carboxylic acids is 1. The molecule has 1 amide bonds. The van der Waals surface area contributed by atoms with Crippen LogP contribution in [0.25, 0.3) is 6.08 Å². The second-order valence-corrected chi connectivity index (χ2v) is 6.39. The van der Waals surface area contributed by atoms with Crippen LogP contribution in [0.15, 0.2) is 59.5 Å². The highest BCUT2D eigenvalue weighted by molar-refractivity contribution is 7.89. The molecule has 2 rings (SSSR count). The van der Waals surface area contributed by atoms with Gasteiger partial charge in [-0.3, -0.25) is 4.79 Å². The van der Waals surface area contributed by atoms with E-state index in [2.05, 4.69) is 5.32 Å². The van der Waals surface area contributed by atoms with Crippen molar-refractivity contribution in [3.8, 4) is 5.75 Å². The lowest BCUT2D eigenvalue weighted by Gasteiger charge is -2.04. The summed E-state index contributed by atoms with van der Waals surface area (Å²) in [6.45, 7) is 0.268. The molecule has 6 nitrogen and oxygen atoms in total. The lowest BCUT2D eigenvalue weighted by molar-refractivity contribution is -0.116. The molecule has 120 valence electrons. The second kappa shape index (κ2) is 7.08. The highest BCUT2D eigenvalue weighted by Gasteiger charge is 2.06. The Kier molecular flexibility index (Phi) is 5.15. The number of phenols is 1. The van der Waals surface area contributed by atoms with Crippen molar-refractivity contribution in [3.63, 3.8) is 0 Å². The van der Waals surface area contributed by atoms with Gasteiger partial charge in [-0.1, -0.05) is 24.3 Å². The first-order valence-corrected chi connectivity index (χ1v) is 8.26. The number of sulfonamides is 1. The summed E-state index contributed by atoms with van der Waals surface area (Å²) >= 11 is 0. The highest BCUT2D eigenvalue weighted by atomic mass is 32.2. The Bertz CT molecular complexity index is 810. The molecule has 2 aromatic carbocycles. The second-order valence-electron chi connectivity index (χ2n) is 4.83. The van der Waals surface area contributed by atoms with E-state index in [9.17, 15) is 13.2 Å². The molecule has 2 aromatic rings. The van der Waals surface area contributed by atoms with Crippen LogP contribution in [0.4, 0.5) is 0 Å². The Morgan fingerprint density at radius 3 is 2.26 bits per heavy atom. The number of nitrogens with two attached hydrogens (primary N) is 1. The van der Waals surface area contributed by atoms with Gasteiger partial charge in [-0.05, 0) is 41.5 Å². The molecule has 0 bridgehead atoms. The van der Waals surface area contributed by atoms with Gasteiger partial charge in [0.15, 0.2) is 0 Å². The van der Waals surface area contributed by atoms with Gasteiger partial charge >= 0.3 is 0 Å². The summed E-state index contributed by atoms with van der Waals surface area (Å²) in [5, 5.41) is 16.9. The van der Waals surface area contributed by atoms with Crippen molar-refractivity contribution in [2.75, 3.05) is 0 Å². The molecule has 0 aliphatic heterocycles. The van der Waals surface area contributed by atoms with Crippen molar-refractivity contribution in [1.82, 2.24) is 5.32 Å². The maximum atomic E-state index is 11.7. The van der Waals surface area contributed by atoms with Gasteiger partial charge in [-0.15, -0.1) is 0 Å². The highest BCUT2D eigenvalue weighted by Crippen LogP contribution is 2.11. The molecule has 0 radical (unpaired) electrons. The molecule has 0 fully saturated rings. The summed E-state index contributed by atoms with van der Waals surface area (Å²) < 4.78 is 22.3. The third-order valence-electron chi connectivity index (χ3n) is 3.04. The van der Waals surface area contributed by atoms with Crippen LogP contribution in [0.5, 0.6) is 5.75 Å². The summed E-state index contributed by atoms with van der Waals surface area (Å²) in [4.78, 5) is 11.7. The average molecular weight is 332 g/mol. The van der Waals surface area contributed by atoms with Crippen molar-refractivity contribution in [3.05, 3.63) is 65.7 Å². The van der Waals surface area contributed by atoms with Gasteiger partial charge in [0.05, 0.1) is 4.90 Å². The quantitative estimate of drug-likeness (QED) is 0.718. The van der Waals surface area contributed by atoms with E-state index in [-0.39, 0.29) is 23.1 Å². The van der Waals surface area contributed by atoms with Crippen molar-refractivity contribution in [1.29, 1.82) is 0 Å². The first-order chi connectivity index (χ1) is 10.8. The Labute approximate surface area is 134 Å². The van der Waals surface area contributed by atoms with E-state index in [0.717, 1.165) is 11.1 Å². The molecule has 0 heterocycles. The summed E-state index contributed by atoms with van der Waals surface area (Å²) in [5.41, 5.74) is 1.54. The fourth-order valence-electron chi connectivity index (χ4n) is 1.80. The van der Waals surface area contributed by atoms with Gasteiger partial charge in [0.25, 0.3) is 0 Å². The number of nitrogens with one attached hydrogen (secondary N) is 1. The first kappa shape index (κ1) is 16.7. The Balaban J connectivity index is 1.90. The molecule has 0 unspecified atom stereocenters. The van der Waals surface area contributed by atoms with E-state index >= 15 is 0 Å². The number of benzene rings is 2. The minimum Gasteiger partial charge on any atom is -0.508 e. The molecule has 0 aliphatic carbocycles. The van der Waals surface area contributed by atoms with Crippen LogP contribution in [0.3, 0.4) is 0 Å². The molecule has 23 heavy (non-hydrogen) atoms. The molecular formula is C16H16N2O4S. The lowest BCUT2D eigenvalue weighted by Crippen LogP contribution is -2.20. The van der Waals surface area contributed by atoms with Crippen LogP contribution in [0, 0.1) is 0 Å². The molecule has 7 heteroatoms. The fourth-order valence-corrected chi connectivity index (χ4v) is 2.32. The number of rotatable bonds is 5. The maximum absolute atomic E-state index is 11.7. The summed E-state index contributed by atoms with van der Waals surface area (Å²) in [6.07, 6.45) is 3.00. The maximum Gasteiger partial charge on any atom is 0.244 e. The van der Waals surface area contributed by atoms with Crippen LogP contribution in [-0.2, 0) is 21.4 Å². The van der Waals surface area contributed by atoms with Crippen LogP contribution in [0.1, 0.15) is 11.1 Å². The van der Waals surface area contributed by atoms with Crippen molar-refractivity contribution >= 4 is 22.0 Å². The normalized spacial score (nSPS) is 11.5. The van der Waals surface area contributed by atoms with E-state index in [1.807, 2.05) is 0 Å². The number of phenolic OH excluding ortho intramolecular Hbond substituents is 1. The van der Waals surface area contributed by atoms with Gasteiger partial charge < -0.3 is 10.4 Å². The van der Waals surface area contributed by atoms with Gasteiger partial charge in [0, 0.05) is 12.6 Å². The van der Waals surface area contributed by atoms with Gasteiger partial charge in [0.2, 0.25) is 15.9 Å². The van der Waals surface area contributed by atoms with Crippen LogP contribution < -0.4 is 10.5 Å². The van der Waals surface area contributed by atoms with Gasteiger partial charge in [-0.25, -0.2) is 13.6 Å². The van der Waals surface area contributed by atoms with Gasteiger partial charge in [0.1, 0.15) is 5.75 Å². The standard InChI is InChI=1S/C16H16N2O4S/c17-23(21,22)15-8-3-13(4-9-15)11-18-16(20)10-5-12-1-6-14(19)7-2-12/h1-10,19H,11H2,(H,18,20)(H2,17,21,22)/b10-5+. The van der Waals surface area contributed by atoms with E-state index < -0.39 is 10.0 Å². The number of hydrogen-bond acceptors (Lipinski definition) is 4. The minimum atomic E-state index is -3.71. The number of amides is 1. The Morgan fingerprint density at radius 1 is 1.09 bits per heavy atom. The monoisotopic (exact) mass is 332 g/mol. The molecular weight excluding hydrogens is 316 g/mol. The van der Waals surface area contributed by atoms with E-state index in [0.29, 0.717) is 0 Å². The lowest BCUT2D eigenvalue weighted by atomic mass is 10.2. The van der Waals surface area contributed by atoms with Crippen molar-refractivity contribution < 1.29 is 18.3 Å². The Morgan fingerprint density at radius 2 is 1.70 bits per heavy atom. The number of aromatic hydroxyl groups is 1. The molecule has 0 saturated heterocycles. The minimum absolute atomic E-state index is 0.0276. The number of carbonyl (C=O) groups is 1. The van der Waals surface area contributed by atoms with Crippen LogP contribution in [0.2, 0.25) is 0 Å². The topological polar surface area (TPSA) is 109 Å². The summed E-state index contributed by atoms with van der Waals surface area (Å²) in [6, 6.07) is 12.4. The van der Waals surface area contributed by atoms with E-state index in [1.165, 1.54) is 30.3 Å². The Hall–Kier alpha value is -2.64. The predicted molar refractivity (Wildman–Crippen MR) is 86.8 cm³/mol. The van der Waals surface area contributed by atoms with E-state index in [1.54, 1.807) is 30.3 Å². The molecule has 0 aromatic heterocycles. The molecule has 0 spiro atoms. The van der Waals surface area contributed by atoms with Crippen LogP contribution >= 0.6 is 0 Å². The third kappa shape index (κ3) is 5.24. The molecule has 0 saturated carbocycles. The average Bonchev–Trinajstić information content (AvgIpc) is 2.52. The third-order valence-corrected chi connectivity index (χ3v) is 3.97. The zero-order valence-electron chi connectivity index (χ0n) is 12.1. The summed E-state index contributed by atoms with van der Waals surface area (Å²) in [7, 11) is -3.71. The molecule has 0 atom stereocenters. The largest absolute Gasteiger partial charge is 0.508 e. The van der Waals surface area contributed by atoms with Crippen molar-refractivity contribution in [2.45, 2.75) is 11.4 Å². The number of hydrogen-bond donors (Lipinski definition) is 3. The first-order valence-electron chi connectivity index (χ1n) is 6.71. The summed E-state index contributed by atoms with van der Waals surface area (Å²) in [5.74, 6) is -0.122. The predicted octanol–water partition coefficient (Wildman–Crippen LogP) is 1.37. The zero-order valence-corrected chi connectivity index (χ0v) is 13.0. The molecule has 0 aliphatic rings. The SMILES string of the molecule is NS(=O)(=O)c1ccc(CNC(=O)/C=C/c2ccc(O)cc2)cc1. The zero-order chi connectivity index (χ0) is 16.9. The smallest absolute Gasteiger partial charge is 0.244 e. The van der Waals surface area contributed by atoms with E-state index in [4.69, 9.17) is 10.2 Å². The molecule has 4 N–H and O–H groups in total. The van der Waals surface area contributed by atoms with Crippen molar-refractivity contribution in [2.24, 2.45) is 5.14 Å². The number of primary sulfonamides is 1. The van der Waals surface area contributed by atoms with Gasteiger partial charge in [-0.2, -0.15) is 0 Å². The fraction of sp³-hybridized carbons (Fsp3) is 0.0625. The van der Waals surface area contributed by atoms with Crippen LogP contribution in [-0.4, -0.2) is 19.4 Å².